The number of hydrogen-bond donors (Lipinski definition) is 1. The molecular formula is C13H17N3OS2. The lowest BCUT2D eigenvalue weighted by atomic mass is 10.0. The van der Waals surface area contributed by atoms with Crippen molar-refractivity contribution >= 4 is 23.1 Å². The third-order valence-electron chi connectivity index (χ3n) is 3.22. The molecule has 0 aliphatic carbocycles. The minimum Gasteiger partial charge on any atom is -0.340 e. The molecule has 2 aromatic rings. The molecule has 1 aliphatic heterocycles. The van der Waals surface area contributed by atoms with Gasteiger partial charge in [0.2, 0.25) is 5.89 Å². The Bertz CT molecular complexity index is 552. The molecule has 0 aromatic carbocycles. The van der Waals surface area contributed by atoms with E-state index in [1.54, 1.807) is 0 Å². The fourth-order valence-corrected chi connectivity index (χ4v) is 4.91. The Morgan fingerprint density at radius 1 is 1.53 bits per heavy atom. The van der Waals surface area contributed by atoms with E-state index >= 15 is 0 Å². The zero-order valence-corrected chi connectivity index (χ0v) is 12.7. The molecule has 2 atom stereocenters. The highest BCUT2D eigenvalue weighted by molar-refractivity contribution is 8.01. The average molecular weight is 295 g/mol. The maximum absolute atomic E-state index is 4.98. The zero-order chi connectivity index (χ0) is 13.2. The summed E-state index contributed by atoms with van der Waals surface area (Å²) >= 11 is 3.84. The van der Waals surface area contributed by atoms with E-state index in [9.17, 15) is 0 Å². The highest BCUT2D eigenvalue weighted by Crippen LogP contribution is 2.43. The molecule has 1 aliphatic rings. The van der Waals surface area contributed by atoms with Crippen LogP contribution in [0.1, 0.15) is 36.7 Å². The summed E-state index contributed by atoms with van der Waals surface area (Å²) in [4.78, 5) is 4.22. The van der Waals surface area contributed by atoms with Gasteiger partial charge in [-0.25, -0.2) is 0 Å². The smallest absolute Gasteiger partial charge is 0.223 e. The van der Waals surface area contributed by atoms with Crippen molar-refractivity contribution in [3.63, 3.8) is 0 Å². The largest absolute Gasteiger partial charge is 0.340 e. The van der Waals surface area contributed by atoms with Crippen molar-refractivity contribution in [1.82, 2.24) is 15.5 Å². The van der Waals surface area contributed by atoms with E-state index in [0.29, 0.717) is 17.2 Å². The number of fused-ring (bicyclic) bond motifs is 1. The molecule has 1 unspecified atom stereocenters. The number of aromatic nitrogens is 2. The van der Waals surface area contributed by atoms with E-state index in [4.69, 9.17) is 4.52 Å². The molecule has 19 heavy (non-hydrogen) atoms. The number of thioether (sulfide) groups is 1. The van der Waals surface area contributed by atoms with Crippen LogP contribution in [0.4, 0.5) is 0 Å². The van der Waals surface area contributed by atoms with E-state index in [1.807, 2.05) is 30.0 Å². The maximum Gasteiger partial charge on any atom is 0.223 e. The third-order valence-corrected chi connectivity index (χ3v) is 5.56. The fourth-order valence-electron chi connectivity index (χ4n) is 2.34. The van der Waals surface area contributed by atoms with Crippen LogP contribution in [0.15, 0.2) is 20.2 Å². The van der Waals surface area contributed by atoms with Crippen LogP contribution in [-0.2, 0) is 6.42 Å². The van der Waals surface area contributed by atoms with E-state index < -0.39 is 0 Å². The summed E-state index contributed by atoms with van der Waals surface area (Å²) < 4.78 is 6.44. The minimum absolute atomic E-state index is 0.463. The second-order valence-electron chi connectivity index (χ2n) is 4.81. The standard InChI is InChI=1S/C13H17N3OS2/c1-8-7-11(10-4-6-18-13(10)19-8)14-5-3-12-15-9(2)17-16-12/h4,6,8,11,14H,3,5,7H2,1-2H3/t8-,11?/m0/s1. The molecule has 6 heteroatoms. The Hall–Kier alpha value is -0.850. The van der Waals surface area contributed by atoms with Gasteiger partial charge in [-0.05, 0) is 23.4 Å². The van der Waals surface area contributed by atoms with E-state index in [-0.39, 0.29) is 0 Å². The van der Waals surface area contributed by atoms with Crippen LogP contribution in [-0.4, -0.2) is 21.9 Å². The summed E-state index contributed by atoms with van der Waals surface area (Å²) in [5, 5.41) is 10.4. The quantitative estimate of drug-likeness (QED) is 0.938. The summed E-state index contributed by atoms with van der Waals surface area (Å²) in [5.74, 6) is 1.42. The Labute approximate surface area is 121 Å². The Balaban J connectivity index is 1.59. The average Bonchev–Trinajstić information content (AvgIpc) is 2.98. The maximum atomic E-state index is 4.98. The summed E-state index contributed by atoms with van der Waals surface area (Å²) in [5.41, 5.74) is 1.46. The van der Waals surface area contributed by atoms with Crippen LogP contribution in [0.5, 0.6) is 0 Å². The lowest BCUT2D eigenvalue weighted by Crippen LogP contribution is -2.28. The first kappa shape index (κ1) is 13.1. The van der Waals surface area contributed by atoms with E-state index in [1.165, 1.54) is 16.2 Å². The molecule has 3 heterocycles. The van der Waals surface area contributed by atoms with Crippen LogP contribution in [0.2, 0.25) is 0 Å². The molecule has 2 aromatic heterocycles. The van der Waals surface area contributed by atoms with Crippen LogP contribution in [0, 0.1) is 6.92 Å². The molecule has 0 saturated heterocycles. The molecule has 0 fully saturated rings. The molecule has 0 amide bonds. The molecule has 4 nitrogen and oxygen atoms in total. The second kappa shape index (κ2) is 5.64. The topological polar surface area (TPSA) is 51.0 Å². The Kier molecular flexibility index (Phi) is 3.91. The van der Waals surface area contributed by atoms with Crippen molar-refractivity contribution in [2.24, 2.45) is 0 Å². The van der Waals surface area contributed by atoms with Crippen molar-refractivity contribution < 1.29 is 4.52 Å². The van der Waals surface area contributed by atoms with Crippen LogP contribution >= 0.6 is 23.1 Å². The molecule has 102 valence electrons. The SMILES string of the molecule is Cc1nc(CCNC2C[C@H](C)Sc3sccc32)no1. The summed E-state index contributed by atoms with van der Waals surface area (Å²) in [6.45, 7) is 5.00. The van der Waals surface area contributed by atoms with Gasteiger partial charge in [-0.3, -0.25) is 0 Å². The summed E-state index contributed by atoms with van der Waals surface area (Å²) in [6.07, 6.45) is 1.99. The highest BCUT2D eigenvalue weighted by Gasteiger charge is 2.25. The van der Waals surface area contributed by atoms with Gasteiger partial charge in [0.15, 0.2) is 5.82 Å². The van der Waals surface area contributed by atoms with E-state index in [0.717, 1.165) is 18.8 Å². The van der Waals surface area contributed by atoms with Gasteiger partial charge in [0.1, 0.15) is 0 Å². The molecule has 3 rings (SSSR count). The van der Waals surface area contributed by atoms with Gasteiger partial charge in [0.25, 0.3) is 0 Å². The lowest BCUT2D eigenvalue weighted by Gasteiger charge is -2.27. The van der Waals surface area contributed by atoms with E-state index in [2.05, 4.69) is 33.8 Å². The van der Waals surface area contributed by atoms with Crippen molar-refractivity contribution in [3.05, 3.63) is 28.7 Å². The highest BCUT2D eigenvalue weighted by atomic mass is 32.2. The molecule has 1 N–H and O–H groups in total. The predicted molar refractivity (Wildman–Crippen MR) is 77.7 cm³/mol. The minimum atomic E-state index is 0.463. The van der Waals surface area contributed by atoms with Gasteiger partial charge in [-0.2, -0.15) is 4.98 Å². The van der Waals surface area contributed by atoms with Gasteiger partial charge in [0, 0.05) is 31.2 Å². The number of hydrogen-bond acceptors (Lipinski definition) is 6. The summed E-state index contributed by atoms with van der Waals surface area (Å²) in [7, 11) is 0. The van der Waals surface area contributed by atoms with Crippen LogP contribution in [0.3, 0.4) is 0 Å². The van der Waals surface area contributed by atoms with Gasteiger partial charge in [-0.15, -0.1) is 23.1 Å². The second-order valence-corrected chi connectivity index (χ2v) is 7.44. The Morgan fingerprint density at radius 3 is 3.21 bits per heavy atom. The van der Waals surface area contributed by atoms with Crippen LogP contribution in [0.25, 0.3) is 0 Å². The first-order chi connectivity index (χ1) is 9.22. The predicted octanol–water partition coefficient (Wildman–Crippen LogP) is 3.20. The molecule has 0 saturated carbocycles. The third kappa shape index (κ3) is 3.01. The van der Waals surface area contributed by atoms with Gasteiger partial charge < -0.3 is 9.84 Å². The first-order valence-corrected chi connectivity index (χ1v) is 8.25. The van der Waals surface area contributed by atoms with Gasteiger partial charge >= 0.3 is 0 Å². The number of nitrogens with zero attached hydrogens (tertiary/aromatic N) is 2. The van der Waals surface area contributed by atoms with Crippen molar-refractivity contribution in [2.75, 3.05) is 6.54 Å². The number of nitrogens with one attached hydrogen (secondary N) is 1. The monoisotopic (exact) mass is 295 g/mol. The molecule has 0 radical (unpaired) electrons. The molecule has 0 spiro atoms. The molecule has 0 bridgehead atoms. The van der Waals surface area contributed by atoms with Crippen molar-refractivity contribution in [1.29, 1.82) is 0 Å². The van der Waals surface area contributed by atoms with Gasteiger partial charge in [0.05, 0.1) is 4.21 Å². The lowest BCUT2D eigenvalue weighted by molar-refractivity contribution is 0.386. The normalized spacial score (nSPS) is 22.4. The molecular weight excluding hydrogens is 278 g/mol. The van der Waals surface area contributed by atoms with Gasteiger partial charge in [-0.1, -0.05) is 12.1 Å². The zero-order valence-electron chi connectivity index (χ0n) is 11.0. The number of thiophene rings is 1. The summed E-state index contributed by atoms with van der Waals surface area (Å²) in [6, 6.07) is 2.71. The number of rotatable bonds is 4. The Morgan fingerprint density at radius 2 is 2.42 bits per heavy atom. The van der Waals surface area contributed by atoms with Crippen molar-refractivity contribution in [3.8, 4) is 0 Å². The van der Waals surface area contributed by atoms with Crippen LogP contribution < -0.4 is 5.32 Å². The first-order valence-electron chi connectivity index (χ1n) is 6.49. The van der Waals surface area contributed by atoms with Crippen molar-refractivity contribution in [2.45, 2.75) is 42.2 Å². The number of aryl methyl sites for hydroxylation is 1. The fraction of sp³-hybridized carbons (Fsp3) is 0.538.